The molecule has 20 heavy (non-hydrogen) atoms. The van der Waals surface area contributed by atoms with Crippen molar-refractivity contribution in [3.63, 3.8) is 0 Å². The first-order valence-electron chi connectivity index (χ1n) is 4.46. The highest BCUT2D eigenvalue weighted by Crippen LogP contribution is 1.71. The zero-order valence-corrected chi connectivity index (χ0v) is 10.1. The van der Waals surface area contributed by atoms with Crippen LogP contribution in [0.15, 0.2) is 24.3 Å². The Morgan fingerprint density at radius 2 is 0.650 bits per heavy atom. The molecule has 5 N–H and O–H groups in total. The predicted molar refractivity (Wildman–Crippen MR) is 62.1 cm³/mol. The lowest BCUT2D eigenvalue weighted by Gasteiger charge is -1.74. The van der Waals surface area contributed by atoms with Gasteiger partial charge in [-0.25, -0.2) is 19.2 Å². The molecule has 10 nitrogen and oxygen atoms in total. The molecule has 0 aromatic carbocycles. The number of rotatable bonds is 4. The maximum atomic E-state index is 9.55. The van der Waals surface area contributed by atoms with Crippen molar-refractivity contribution in [1.29, 1.82) is 0 Å². The number of hydrogen-bond donors (Lipinski definition) is 5. The molecule has 112 valence electrons. The summed E-state index contributed by atoms with van der Waals surface area (Å²) in [6.07, 6.45) is 2.23. The second-order valence-corrected chi connectivity index (χ2v) is 2.54. The van der Waals surface area contributed by atoms with E-state index >= 15 is 0 Å². The largest absolute Gasteiger partial charge is 0.481 e. The summed E-state index contributed by atoms with van der Waals surface area (Å²) >= 11 is 0. The van der Waals surface area contributed by atoms with E-state index < -0.39 is 29.8 Å². The fraction of sp³-hybridized carbons (Fsp3) is 0.100. The first kappa shape index (κ1) is 22.0. The van der Waals surface area contributed by atoms with Crippen LogP contribution in [0.1, 0.15) is 6.92 Å². The van der Waals surface area contributed by atoms with Gasteiger partial charge in [-0.15, -0.1) is 0 Å². The van der Waals surface area contributed by atoms with E-state index in [1.165, 1.54) is 0 Å². The Hall–Kier alpha value is -3.17. The number of carboxylic acids is 5. The molecule has 0 aromatic heterocycles. The van der Waals surface area contributed by atoms with Crippen LogP contribution in [0.2, 0.25) is 0 Å². The van der Waals surface area contributed by atoms with Crippen LogP contribution in [0.25, 0.3) is 0 Å². The summed E-state index contributed by atoms with van der Waals surface area (Å²) in [4.78, 5) is 47.2. The zero-order chi connectivity index (χ0) is 16.7. The van der Waals surface area contributed by atoms with E-state index in [1.807, 2.05) is 0 Å². The Bertz CT molecular complexity index is 348. The summed E-state index contributed by atoms with van der Waals surface area (Å²) in [5.41, 5.74) is 0. The second kappa shape index (κ2) is 13.9. The van der Waals surface area contributed by atoms with Crippen LogP contribution in [-0.2, 0) is 24.0 Å². The molecule has 0 radical (unpaired) electrons. The smallest absolute Gasteiger partial charge is 0.328 e. The van der Waals surface area contributed by atoms with Crippen molar-refractivity contribution in [1.82, 2.24) is 0 Å². The lowest BCUT2D eigenvalue weighted by atomic mass is 10.5. The molecule has 0 aliphatic rings. The number of carbonyl (C=O) groups is 5. The monoisotopic (exact) mass is 292 g/mol. The highest BCUT2D eigenvalue weighted by molar-refractivity contribution is 5.90. The summed E-state index contributed by atoms with van der Waals surface area (Å²) in [7, 11) is 0. The minimum atomic E-state index is -1.26. The van der Waals surface area contributed by atoms with Crippen LogP contribution in [-0.4, -0.2) is 55.4 Å². The van der Waals surface area contributed by atoms with Gasteiger partial charge in [-0.2, -0.15) is 0 Å². The molecule has 0 fully saturated rings. The van der Waals surface area contributed by atoms with Crippen molar-refractivity contribution in [3.8, 4) is 0 Å². The van der Waals surface area contributed by atoms with E-state index in [9.17, 15) is 19.2 Å². The van der Waals surface area contributed by atoms with Crippen LogP contribution < -0.4 is 0 Å². The molecule has 0 saturated carbocycles. The first-order chi connectivity index (χ1) is 8.98. The quantitative estimate of drug-likeness (QED) is 0.423. The predicted octanol–water partition coefficient (Wildman–Crippen LogP) is -0.485. The Labute approximate surface area is 111 Å². The Balaban J connectivity index is -0.000000230. The molecule has 0 saturated heterocycles. The van der Waals surface area contributed by atoms with Gasteiger partial charge in [-0.3, -0.25) is 4.79 Å². The molecule has 0 spiro atoms. The van der Waals surface area contributed by atoms with E-state index in [2.05, 4.69) is 0 Å². The van der Waals surface area contributed by atoms with Gasteiger partial charge in [0.1, 0.15) is 0 Å². The Kier molecular flexibility index (Phi) is 15.3. The summed E-state index contributed by atoms with van der Waals surface area (Å²) in [5, 5.41) is 38.7. The number of hydrogen-bond acceptors (Lipinski definition) is 5. The molecular weight excluding hydrogens is 280 g/mol. The van der Waals surface area contributed by atoms with Crippen molar-refractivity contribution in [2.24, 2.45) is 0 Å². The minimum absolute atomic E-state index is 0.558. The maximum absolute atomic E-state index is 9.55. The van der Waals surface area contributed by atoms with Gasteiger partial charge in [0, 0.05) is 31.2 Å². The molecule has 0 aliphatic carbocycles. The molecule has 0 rings (SSSR count). The molecule has 10 heteroatoms. The van der Waals surface area contributed by atoms with E-state index in [1.54, 1.807) is 0 Å². The SMILES string of the molecule is CC(=O)O.O=C(O)C=CC(=O)O.O=C(O)C=CC(=O)O. The van der Waals surface area contributed by atoms with Gasteiger partial charge < -0.3 is 25.5 Å². The van der Waals surface area contributed by atoms with Crippen molar-refractivity contribution < 1.29 is 49.5 Å². The minimum Gasteiger partial charge on any atom is -0.481 e. The standard InChI is InChI=1S/2C4H4O4.C2H4O2/c2*5-3(6)1-2-4(7)8;1-2(3)4/h2*1-2H,(H,5,6)(H,7,8);1H3,(H,3,4). The molecule has 0 atom stereocenters. The van der Waals surface area contributed by atoms with Crippen LogP contribution in [0.3, 0.4) is 0 Å². The van der Waals surface area contributed by atoms with Gasteiger partial charge in [0.05, 0.1) is 0 Å². The third-order valence-corrected chi connectivity index (χ3v) is 0.737. The maximum Gasteiger partial charge on any atom is 0.328 e. The average molecular weight is 292 g/mol. The molecular formula is C10H12O10. The molecule has 0 aliphatic heterocycles. The average Bonchev–Trinajstić information content (AvgIpc) is 2.23. The van der Waals surface area contributed by atoms with Gasteiger partial charge in [-0.1, -0.05) is 0 Å². The normalized spacial score (nSPS) is 8.85. The molecule has 0 unspecified atom stereocenters. The van der Waals surface area contributed by atoms with Crippen molar-refractivity contribution in [2.75, 3.05) is 0 Å². The van der Waals surface area contributed by atoms with Gasteiger partial charge in [0.25, 0.3) is 5.97 Å². The fourth-order valence-electron chi connectivity index (χ4n) is 0.285. The number of carboxylic acid groups (broad SMARTS) is 5. The van der Waals surface area contributed by atoms with Gasteiger partial charge in [0.2, 0.25) is 0 Å². The first-order valence-corrected chi connectivity index (χ1v) is 4.46. The van der Waals surface area contributed by atoms with E-state index in [-0.39, 0.29) is 0 Å². The van der Waals surface area contributed by atoms with Crippen molar-refractivity contribution >= 4 is 29.8 Å². The summed E-state index contributed by atoms with van der Waals surface area (Å²) in [6.45, 7) is 1.08. The topological polar surface area (TPSA) is 186 Å². The fourth-order valence-corrected chi connectivity index (χ4v) is 0.285. The Morgan fingerprint density at radius 1 is 0.550 bits per heavy atom. The van der Waals surface area contributed by atoms with Crippen LogP contribution in [0, 0.1) is 0 Å². The highest BCUT2D eigenvalue weighted by atomic mass is 16.4. The highest BCUT2D eigenvalue weighted by Gasteiger charge is 1.88. The molecule has 0 heterocycles. The summed E-state index contributed by atoms with van der Waals surface area (Å²) in [5.74, 6) is -5.86. The zero-order valence-electron chi connectivity index (χ0n) is 10.1. The van der Waals surface area contributed by atoms with Gasteiger partial charge in [0.15, 0.2) is 0 Å². The van der Waals surface area contributed by atoms with Gasteiger partial charge >= 0.3 is 23.9 Å². The lowest BCUT2D eigenvalue weighted by Crippen LogP contribution is -1.91. The van der Waals surface area contributed by atoms with Crippen LogP contribution >= 0.6 is 0 Å². The third kappa shape index (κ3) is 60.8. The van der Waals surface area contributed by atoms with Crippen LogP contribution in [0.4, 0.5) is 0 Å². The molecule has 0 aromatic rings. The van der Waals surface area contributed by atoms with E-state index in [4.69, 9.17) is 30.3 Å². The van der Waals surface area contributed by atoms with E-state index in [0.29, 0.717) is 24.3 Å². The summed E-state index contributed by atoms with van der Waals surface area (Å²) < 4.78 is 0. The van der Waals surface area contributed by atoms with Crippen molar-refractivity contribution in [2.45, 2.75) is 6.92 Å². The van der Waals surface area contributed by atoms with Crippen LogP contribution in [0.5, 0.6) is 0 Å². The Morgan fingerprint density at radius 3 is 0.700 bits per heavy atom. The second-order valence-electron chi connectivity index (χ2n) is 2.54. The van der Waals surface area contributed by atoms with Crippen molar-refractivity contribution in [3.05, 3.63) is 24.3 Å². The summed E-state index contributed by atoms with van der Waals surface area (Å²) in [6, 6.07) is 0. The molecule has 0 amide bonds. The number of aliphatic carboxylic acids is 5. The lowest BCUT2D eigenvalue weighted by molar-refractivity contribution is -0.134. The third-order valence-electron chi connectivity index (χ3n) is 0.737. The molecule has 0 bridgehead atoms. The van der Waals surface area contributed by atoms with E-state index in [0.717, 1.165) is 6.92 Å². The van der Waals surface area contributed by atoms with Gasteiger partial charge in [-0.05, 0) is 0 Å².